The molecule has 2 aromatic carbocycles. The lowest BCUT2D eigenvalue weighted by Gasteiger charge is -2.22. The van der Waals surface area contributed by atoms with Crippen molar-refractivity contribution in [1.82, 2.24) is 5.32 Å². The maximum Gasteiger partial charge on any atom is 0.261 e. The first-order chi connectivity index (χ1) is 11.4. The van der Waals surface area contributed by atoms with Crippen molar-refractivity contribution >= 4 is 5.91 Å². The monoisotopic (exact) mass is 325 g/mol. The summed E-state index contributed by atoms with van der Waals surface area (Å²) in [5.74, 6) is 0.687. The topological polar surface area (TPSA) is 38.3 Å². The Morgan fingerprint density at radius 1 is 1.12 bits per heavy atom. The zero-order chi connectivity index (χ0) is 17.7. The van der Waals surface area contributed by atoms with E-state index >= 15 is 0 Å². The number of carbonyl (C=O) groups is 1. The molecule has 0 saturated carbocycles. The Bertz CT molecular complexity index is 694. The van der Waals surface area contributed by atoms with Gasteiger partial charge in [-0.2, -0.15) is 0 Å². The number of hydrogen-bond donors (Lipinski definition) is 1. The van der Waals surface area contributed by atoms with Crippen molar-refractivity contribution in [2.75, 3.05) is 0 Å². The van der Waals surface area contributed by atoms with Crippen LogP contribution in [0.15, 0.2) is 42.5 Å². The van der Waals surface area contributed by atoms with E-state index < -0.39 is 6.10 Å². The van der Waals surface area contributed by atoms with Gasteiger partial charge < -0.3 is 10.1 Å². The Morgan fingerprint density at radius 3 is 2.42 bits per heavy atom. The van der Waals surface area contributed by atoms with Gasteiger partial charge in [-0.15, -0.1) is 0 Å². The van der Waals surface area contributed by atoms with Gasteiger partial charge >= 0.3 is 0 Å². The normalized spacial score (nSPS) is 13.2. The Hall–Kier alpha value is -2.29. The molecule has 0 aliphatic rings. The second-order valence-electron chi connectivity index (χ2n) is 6.35. The molecule has 2 atom stereocenters. The van der Waals surface area contributed by atoms with E-state index in [0.29, 0.717) is 0 Å². The van der Waals surface area contributed by atoms with E-state index in [1.54, 1.807) is 6.92 Å². The second kappa shape index (κ2) is 8.00. The van der Waals surface area contributed by atoms with Gasteiger partial charge in [0, 0.05) is 0 Å². The first kappa shape index (κ1) is 18.1. The van der Waals surface area contributed by atoms with Gasteiger partial charge in [0.1, 0.15) is 5.75 Å². The molecule has 1 amide bonds. The lowest BCUT2D eigenvalue weighted by Crippen LogP contribution is -2.38. The minimum Gasteiger partial charge on any atom is -0.481 e. The molecule has 0 fully saturated rings. The molecule has 0 saturated heterocycles. The van der Waals surface area contributed by atoms with Gasteiger partial charge in [-0.05, 0) is 62.4 Å². The van der Waals surface area contributed by atoms with Gasteiger partial charge in [0.2, 0.25) is 0 Å². The number of hydrogen-bond acceptors (Lipinski definition) is 2. The van der Waals surface area contributed by atoms with E-state index in [1.165, 1.54) is 5.56 Å². The summed E-state index contributed by atoms with van der Waals surface area (Å²) in [4.78, 5) is 12.5. The molecule has 0 radical (unpaired) electrons. The van der Waals surface area contributed by atoms with Gasteiger partial charge in [-0.25, -0.2) is 0 Å². The van der Waals surface area contributed by atoms with Crippen LogP contribution in [0.4, 0.5) is 0 Å². The molecule has 24 heavy (non-hydrogen) atoms. The highest BCUT2D eigenvalue weighted by molar-refractivity contribution is 5.81. The second-order valence-corrected chi connectivity index (χ2v) is 6.35. The lowest BCUT2D eigenvalue weighted by molar-refractivity contribution is -0.128. The molecule has 0 aliphatic carbocycles. The van der Waals surface area contributed by atoms with E-state index in [4.69, 9.17) is 4.74 Å². The molecule has 0 aliphatic heterocycles. The predicted molar refractivity (Wildman–Crippen MR) is 98.4 cm³/mol. The molecule has 1 N–H and O–H groups in total. The van der Waals surface area contributed by atoms with Gasteiger partial charge in [-0.1, -0.05) is 43.3 Å². The van der Waals surface area contributed by atoms with E-state index in [9.17, 15) is 4.79 Å². The summed E-state index contributed by atoms with van der Waals surface area (Å²) < 4.78 is 5.94. The van der Waals surface area contributed by atoms with Crippen LogP contribution in [0.1, 0.15) is 48.6 Å². The van der Waals surface area contributed by atoms with Crippen LogP contribution in [-0.2, 0) is 4.79 Å². The highest BCUT2D eigenvalue weighted by Crippen LogP contribution is 2.24. The van der Waals surface area contributed by atoms with Crippen LogP contribution in [-0.4, -0.2) is 12.0 Å². The summed E-state index contributed by atoms with van der Waals surface area (Å²) in [7, 11) is 0. The Morgan fingerprint density at radius 2 is 1.79 bits per heavy atom. The summed E-state index contributed by atoms with van der Waals surface area (Å²) in [5, 5.41) is 3.09. The highest BCUT2D eigenvalue weighted by Gasteiger charge is 2.20. The first-order valence-electron chi connectivity index (χ1n) is 8.52. The molecule has 2 aromatic rings. The lowest BCUT2D eigenvalue weighted by atomic mass is 10.0. The smallest absolute Gasteiger partial charge is 0.261 e. The third kappa shape index (κ3) is 4.38. The largest absolute Gasteiger partial charge is 0.481 e. The van der Waals surface area contributed by atoms with Crippen molar-refractivity contribution in [3.05, 3.63) is 64.7 Å². The Kier molecular flexibility index (Phi) is 6.02. The Balaban J connectivity index is 2.07. The van der Waals surface area contributed by atoms with Crippen molar-refractivity contribution in [1.29, 1.82) is 0 Å². The fourth-order valence-corrected chi connectivity index (χ4v) is 2.76. The SMILES string of the molecule is CCC(NC(=O)C(C)Oc1cc(C)cc(C)c1C)c1ccccc1. The van der Waals surface area contributed by atoms with Crippen LogP contribution in [0.3, 0.4) is 0 Å². The molecular formula is C21H27NO2. The van der Waals surface area contributed by atoms with Gasteiger partial charge in [0.15, 0.2) is 6.10 Å². The zero-order valence-electron chi connectivity index (χ0n) is 15.2. The van der Waals surface area contributed by atoms with Gasteiger partial charge in [-0.3, -0.25) is 4.79 Å². The van der Waals surface area contributed by atoms with Crippen molar-refractivity contribution < 1.29 is 9.53 Å². The molecule has 0 heterocycles. The molecular weight excluding hydrogens is 298 g/mol. The fourth-order valence-electron chi connectivity index (χ4n) is 2.76. The van der Waals surface area contributed by atoms with E-state index in [2.05, 4.69) is 25.2 Å². The molecule has 2 unspecified atom stereocenters. The fraction of sp³-hybridized carbons (Fsp3) is 0.381. The Labute approximate surface area is 145 Å². The molecule has 3 nitrogen and oxygen atoms in total. The molecule has 0 aromatic heterocycles. The average molecular weight is 325 g/mol. The van der Waals surface area contributed by atoms with Gasteiger partial charge in [0.05, 0.1) is 6.04 Å². The van der Waals surface area contributed by atoms with E-state index in [-0.39, 0.29) is 11.9 Å². The average Bonchev–Trinajstić information content (AvgIpc) is 2.57. The van der Waals surface area contributed by atoms with Crippen molar-refractivity contribution in [3.63, 3.8) is 0 Å². The van der Waals surface area contributed by atoms with E-state index in [0.717, 1.165) is 28.9 Å². The van der Waals surface area contributed by atoms with Crippen LogP contribution >= 0.6 is 0 Å². The quantitative estimate of drug-likeness (QED) is 0.840. The van der Waals surface area contributed by atoms with E-state index in [1.807, 2.05) is 50.2 Å². The molecule has 0 spiro atoms. The number of benzene rings is 2. The number of amides is 1. The van der Waals surface area contributed by atoms with Crippen LogP contribution in [0.2, 0.25) is 0 Å². The number of carbonyl (C=O) groups excluding carboxylic acids is 1. The summed E-state index contributed by atoms with van der Waals surface area (Å²) in [6.45, 7) is 9.98. The summed E-state index contributed by atoms with van der Waals surface area (Å²) in [6.07, 6.45) is 0.299. The first-order valence-corrected chi connectivity index (χ1v) is 8.52. The van der Waals surface area contributed by atoms with Crippen molar-refractivity contribution in [2.24, 2.45) is 0 Å². The summed E-state index contributed by atoms with van der Waals surface area (Å²) in [6, 6.07) is 14.1. The third-order valence-corrected chi connectivity index (χ3v) is 4.36. The minimum atomic E-state index is -0.539. The summed E-state index contributed by atoms with van der Waals surface area (Å²) in [5.41, 5.74) is 4.50. The van der Waals surface area contributed by atoms with Crippen molar-refractivity contribution in [3.8, 4) is 5.75 Å². The number of ether oxygens (including phenoxy) is 1. The number of nitrogens with one attached hydrogen (secondary N) is 1. The molecule has 2 rings (SSSR count). The molecule has 3 heteroatoms. The van der Waals surface area contributed by atoms with Gasteiger partial charge in [0.25, 0.3) is 5.91 Å². The standard InChI is InChI=1S/C21H27NO2/c1-6-19(18-10-8-7-9-11-18)22-21(23)17(5)24-20-13-14(2)12-15(3)16(20)4/h7-13,17,19H,6H2,1-5H3,(H,22,23). The van der Waals surface area contributed by atoms with Crippen LogP contribution in [0.5, 0.6) is 5.75 Å². The van der Waals surface area contributed by atoms with Crippen LogP contribution < -0.4 is 10.1 Å². The number of aryl methyl sites for hydroxylation is 2. The third-order valence-electron chi connectivity index (χ3n) is 4.36. The maximum atomic E-state index is 12.5. The van der Waals surface area contributed by atoms with Crippen molar-refractivity contribution in [2.45, 2.75) is 53.2 Å². The van der Waals surface area contributed by atoms with Crippen LogP contribution in [0, 0.1) is 20.8 Å². The summed E-state index contributed by atoms with van der Waals surface area (Å²) >= 11 is 0. The minimum absolute atomic E-state index is 0.00472. The number of rotatable bonds is 6. The maximum absolute atomic E-state index is 12.5. The molecule has 0 bridgehead atoms. The highest BCUT2D eigenvalue weighted by atomic mass is 16.5. The predicted octanol–water partition coefficient (Wildman–Crippen LogP) is 4.65. The molecule has 128 valence electrons. The van der Waals surface area contributed by atoms with Crippen LogP contribution in [0.25, 0.3) is 0 Å². The zero-order valence-corrected chi connectivity index (χ0v) is 15.2.